The van der Waals surface area contributed by atoms with E-state index >= 15 is 0 Å². The van der Waals surface area contributed by atoms with Gasteiger partial charge in [-0.2, -0.15) is 0 Å². The minimum Gasteiger partial charge on any atom is -0.383 e. The molecule has 3 aromatic heterocycles. The highest BCUT2D eigenvalue weighted by atomic mass is 32.1. The zero-order valence-electron chi connectivity index (χ0n) is 20.3. The number of fused-ring (bicyclic) bond motifs is 1. The molecular weight excluding hydrogens is 470 g/mol. The molecule has 36 heavy (non-hydrogen) atoms. The van der Waals surface area contributed by atoms with Crippen LogP contribution < -0.4 is 11.1 Å². The lowest BCUT2D eigenvalue weighted by molar-refractivity contribution is 0.0384. The van der Waals surface area contributed by atoms with Gasteiger partial charge < -0.3 is 15.8 Å². The number of nitrogen functional groups attached to an aromatic ring is 1. The van der Waals surface area contributed by atoms with E-state index < -0.39 is 0 Å². The van der Waals surface area contributed by atoms with Crippen molar-refractivity contribution < 1.29 is 4.74 Å². The van der Waals surface area contributed by atoms with E-state index in [-0.39, 0.29) is 0 Å². The molecule has 0 atom stereocenters. The number of pyridine rings is 2. The van der Waals surface area contributed by atoms with Gasteiger partial charge in [0.1, 0.15) is 10.8 Å². The van der Waals surface area contributed by atoms with E-state index in [4.69, 9.17) is 10.5 Å². The van der Waals surface area contributed by atoms with E-state index in [1.54, 1.807) is 11.3 Å². The first-order valence-electron chi connectivity index (χ1n) is 12.8. The zero-order chi connectivity index (χ0) is 24.3. The molecule has 4 aromatic rings. The molecule has 186 valence electrons. The molecule has 0 amide bonds. The first-order chi connectivity index (χ1) is 17.7. The van der Waals surface area contributed by atoms with Crippen LogP contribution in [0.1, 0.15) is 42.2 Å². The summed E-state index contributed by atoms with van der Waals surface area (Å²) in [6.07, 6.45) is 7.83. The molecule has 8 nitrogen and oxygen atoms in total. The van der Waals surface area contributed by atoms with Gasteiger partial charge in [-0.1, -0.05) is 36.3 Å². The Morgan fingerprint density at radius 2 is 1.81 bits per heavy atom. The number of nitrogens with zero attached hydrogens (tertiary/aromatic N) is 5. The maximum absolute atomic E-state index is 6.35. The van der Waals surface area contributed by atoms with E-state index in [1.807, 2.05) is 18.3 Å². The molecule has 1 aliphatic carbocycles. The second-order valence-electron chi connectivity index (χ2n) is 9.64. The van der Waals surface area contributed by atoms with Crippen LogP contribution >= 0.6 is 11.3 Å². The van der Waals surface area contributed by atoms with Gasteiger partial charge in [-0.15, -0.1) is 10.2 Å². The van der Waals surface area contributed by atoms with Crippen LogP contribution in [0.3, 0.4) is 0 Å². The third kappa shape index (κ3) is 5.18. The topological polar surface area (TPSA) is 102 Å². The number of anilines is 3. The van der Waals surface area contributed by atoms with Gasteiger partial charge in [0.2, 0.25) is 0 Å². The minimum absolute atomic E-state index is 0.459. The summed E-state index contributed by atoms with van der Waals surface area (Å²) < 4.78 is 5.43. The third-order valence-electron chi connectivity index (χ3n) is 7.13. The van der Waals surface area contributed by atoms with Crippen LogP contribution in [0.4, 0.5) is 17.2 Å². The number of morpholine rings is 1. The van der Waals surface area contributed by atoms with Crippen LogP contribution in [-0.4, -0.2) is 57.9 Å². The number of benzene rings is 1. The lowest BCUT2D eigenvalue weighted by Crippen LogP contribution is -2.37. The lowest BCUT2D eigenvalue weighted by atomic mass is 10.1. The third-order valence-corrected chi connectivity index (χ3v) is 8.25. The van der Waals surface area contributed by atoms with Crippen molar-refractivity contribution in [3.63, 3.8) is 0 Å². The summed E-state index contributed by atoms with van der Waals surface area (Å²) in [6, 6.07) is 12.5. The monoisotopic (exact) mass is 501 g/mol. The molecule has 0 spiro atoms. The first-order valence-corrected chi connectivity index (χ1v) is 13.6. The minimum atomic E-state index is 0.459. The van der Waals surface area contributed by atoms with E-state index in [0.717, 1.165) is 77.3 Å². The molecule has 0 unspecified atom stereocenters. The van der Waals surface area contributed by atoms with Crippen LogP contribution in [0.2, 0.25) is 0 Å². The molecule has 4 heterocycles. The number of nitrogens with one attached hydrogen (secondary N) is 1. The summed E-state index contributed by atoms with van der Waals surface area (Å²) >= 11 is 1.63. The number of aromatic nitrogens is 4. The second-order valence-corrected chi connectivity index (χ2v) is 10.6. The number of hydrogen-bond acceptors (Lipinski definition) is 9. The standard InChI is InChI=1S/C27H31N7OS/c28-25-22(27-33-32-26(36-27)19-3-1-2-4-19)16-23-24(31-25)15-21(17-29-23)30-20-7-5-18(6-8-20)9-10-34-11-13-35-14-12-34/h5-8,15-17,19,30H,1-4,9-14H2,(H2,28,31). The van der Waals surface area contributed by atoms with Gasteiger partial charge in [-0.25, -0.2) is 4.98 Å². The van der Waals surface area contributed by atoms with E-state index in [9.17, 15) is 0 Å². The predicted octanol–water partition coefficient (Wildman–Crippen LogP) is 5.01. The van der Waals surface area contributed by atoms with Crippen molar-refractivity contribution in [3.05, 3.63) is 53.2 Å². The summed E-state index contributed by atoms with van der Waals surface area (Å²) in [7, 11) is 0. The normalized spacial score (nSPS) is 17.1. The molecule has 1 aromatic carbocycles. The van der Waals surface area contributed by atoms with Crippen LogP contribution in [0.25, 0.3) is 21.6 Å². The fraction of sp³-hybridized carbons (Fsp3) is 0.407. The number of hydrogen-bond donors (Lipinski definition) is 2. The molecule has 0 radical (unpaired) electrons. The van der Waals surface area contributed by atoms with Gasteiger partial charge in [0.05, 0.1) is 41.7 Å². The van der Waals surface area contributed by atoms with Crippen molar-refractivity contribution in [1.29, 1.82) is 0 Å². The Kier molecular flexibility index (Phi) is 6.76. The van der Waals surface area contributed by atoms with Gasteiger partial charge in [-0.05, 0) is 49.1 Å². The van der Waals surface area contributed by atoms with Crippen LogP contribution in [-0.2, 0) is 11.2 Å². The zero-order valence-corrected chi connectivity index (χ0v) is 21.1. The molecule has 3 N–H and O–H groups in total. The number of ether oxygens (including phenoxy) is 1. The summed E-state index contributed by atoms with van der Waals surface area (Å²) in [6.45, 7) is 4.80. The van der Waals surface area contributed by atoms with Crippen LogP contribution in [0.15, 0.2) is 42.6 Å². The van der Waals surface area contributed by atoms with Gasteiger partial charge in [0.25, 0.3) is 0 Å². The molecule has 9 heteroatoms. The van der Waals surface area contributed by atoms with Crippen LogP contribution in [0.5, 0.6) is 0 Å². The number of rotatable bonds is 7. The summed E-state index contributed by atoms with van der Waals surface area (Å²) in [5.74, 6) is 0.997. The van der Waals surface area contributed by atoms with Crippen molar-refractivity contribution in [2.24, 2.45) is 0 Å². The maximum atomic E-state index is 6.35. The largest absolute Gasteiger partial charge is 0.383 e. The van der Waals surface area contributed by atoms with Crippen molar-refractivity contribution >= 4 is 39.6 Å². The Bertz CT molecular complexity index is 1330. The summed E-state index contributed by atoms with van der Waals surface area (Å²) in [4.78, 5) is 11.8. The molecule has 0 bridgehead atoms. The Morgan fingerprint density at radius 3 is 2.61 bits per heavy atom. The molecule has 2 aliphatic rings. The van der Waals surface area contributed by atoms with Gasteiger partial charge in [0, 0.05) is 31.2 Å². The Hall–Kier alpha value is -3.14. The molecule has 1 saturated carbocycles. The summed E-state index contributed by atoms with van der Waals surface area (Å²) in [5.41, 5.74) is 11.9. The van der Waals surface area contributed by atoms with Crippen LogP contribution in [0, 0.1) is 0 Å². The Balaban J connectivity index is 1.13. The second kappa shape index (κ2) is 10.5. The van der Waals surface area contributed by atoms with Crippen molar-refractivity contribution in [3.8, 4) is 10.6 Å². The first kappa shape index (κ1) is 23.3. The predicted molar refractivity (Wildman–Crippen MR) is 145 cm³/mol. The van der Waals surface area contributed by atoms with E-state index in [0.29, 0.717) is 11.7 Å². The van der Waals surface area contributed by atoms with Crippen molar-refractivity contribution in [1.82, 2.24) is 25.1 Å². The van der Waals surface area contributed by atoms with Crippen molar-refractivity contribution in [2.45, 2.75) is 38.0 Å². The van der Waals surface area contributed by atoms with E-state index in [2.05, 4.69) is 54.6 Å². The number of nitrogens with two attached hydrogens (primary N) is 1. The molecule has 6 rings (SSSR count). The fourth-order valence-electron chi connectivity index (χ4n) is 5.02. The molecule has 1 saturated heterocycles. The highest BCUT2D eigenvalue weighted by Gasteiger charge is 2.22. The maximum Gasteiger partial charge on any atom is 0.151 e. The SMILES string of the molecule is Nc1nc2cc(Nc3ccc(CCN4CCOCC4)cc3)cnc2cc1-c1nnc(C2CCCC2)s1. The highest BCUT2D eigenvalue weighted by molar-refractivity contribution is 7.14. The summed E-state index contributed by atoms with van der Waals surface area (Å²) in [5, 5.41) is 14.2. The van der Waals surface area contributed by atoms with Crippen molar-refractivity contribution in [2.75, 3.05) is 43.9 Å². The fourth-order valence-corrected chi connectivity index (χ4v) is 6.06. The lowest BCUT2D eigenvalue weighted by Gasteiger charge is -2.26. The van der Waals surface area contributed by atoms with E-state index in [1.165, 1.54) is 31.2 Å². The highest BCUT2D eigenvalue weighted by Crippen LogP contribution is 2.38. The van der Waals surface area contributed by atoms with Gasteiger partial charge >= 0.3 is 0 Å². The van der Waals surface area contributed by atoms with Gasteiger partial charge in [-0.3, -0.25) is 9.88 Å². The Morgan fingerprint density at radius 1 is 1.00 bits per heavy atom. The molecule has 2 fully saturated rings. The quantitative estimate of drug-likeness (QED) is 0.365. The molecular formula is C27H31N7OS. The average molecular weight is 502 g/mol. The Labute approximate surface area is 214 Å². The average Bonchev–Trinajstić information content (AvgIpc) is 3.61. The van der Waals surface area contributed by atoms with Gasteiger partial charge in [0.15, 0.2) is 5.01 Å². The molecule has 1 aliphatic heterocycles. The smallest absolute Gasteiger partial charge is 0.151 e.